The second-order valence-corrected chi connectivity index (χ2v) is 7.36. The average Bonchev–Trinajstić information content (AvgIpc) is 2.43. The van der Waals surface area contributed by atoms with Crippen LogP contribution in [-0.2, 0) is 19.0 Å². The standard InChI is InChI=1S/C16H30N2O6/c1-15(2,3)24-14(20)17-10-16(4,21)11-18-6-7-23-12(9-18)8-13(19)22-5/h12,21H,6-11H2,1-5H3,(H,17,20)/t12-,16+/m0/s1. The van der Waals surface area contributed by atoms with Gasteiger partial charge in [0.25, 0.3) is 0 Å². The summed E-state index contributed by atoms with van der Waals surface area (Å²) in [6.07, 6.45) is -0.625. The third kappa shape index (κ3) is 8.47. The highest BCUT2D eigenvalue weighted by molar-refractivity contribution is 5.69. The summed E-state index contributed by atoms with van der Waals surface area (Å²) < 4.78 is 15.3. The van der Waals surface area contributed by atoms with Crippen molar-refractivity contribution >= 4 is 12.1 Å². The number of aliphatic hydroxyl groups is 1. The number of esters is 1. The van der Waals surface area contributed by atoms with Crippen LogP contribution >= 0.6 is 0 Å². The molecular formula is C16H30N2O6. The van der Waals surface area contributed by atoms with Crippen molar-refractivity contribution in [3.63, 3.8) is 0 Å². The van der Waals surface area contributed by atoms with Crippen LogP contribution in [0.2, 0.25) is 0 Å². The fourth-order valence-electron chi connectivity index (χ4n) is 2.43. The van der Waals surface area contributed by atoms with Crippen LogP contribution in [0.25, 0.3) is 0 Å². The molecule has 140 valence electrons. The van der Waals surface area contributed by atoms with Crippen LogP contribution in [-0.4, -0.2) is 79.3 Å². The number of morpholine rings is 1. The van der Waals surface area contributed by atoms with Crippen LogP contribution in [0.1, 0.15) is 34.1 Å². The summed E-state index contributed by atoms with van der Waals surface area (Å²) >= 11 is 0. The molecule has 1 rings (SSSR count). The van der Waals surface area contributed by atoms with E-state index in [0.717, 1.165) is 0 Å². The molecule has 0 bridgehead atoms. The lowest BCUT2D eigenvalue weighted by Crippen LogP contribution is -2.53. The summed E-state index contributed by atoms with van der Waals surface area (Å²) in [7, 11) is 1.34. The number of methoxy groups -OCH3 is 1. The highest BCUT2D eigenvalue weighted by Crippen LogP contribution is 2.14. The van der Waals surface area contributed by atoms with Gasteiger partial charge in [-0.05, 0) is 27.7 Å². The number of amides is 1. The average molecular weight is 346 g/mol. The number of carbonyl (C=O) groups excluding carboxylic acids is 2. The van der Waals surface area contributed by atoms with E-state index < -0.39 is 17.3 Å². The molecule has 1 heterocycles. The Hall–Kier alpha value is -1.38. The van der Waals surface area contributed by atoms with E-state index in [9.17, 15) is 14.7 Å². The Morgan fingerprint density at radius 1 is 1.33 bits per heavy atom. The van der Waals surface area contributed by atoms with Crippen molar-refractivity contribution in [1.82, 2.24) is 10.2 Å². The van der Waals surface area contributed by atoms with Crippen LogP contribution in [0, 0.1) is 0 Å². The molecule has 1 amide bonds. The molecule has 0 spiro atoms. The predicted octanol–water partition coefficient (Wildman–Crippen LogP) is 0.526. The molecule has 0 radical (unpaired) electrons. The van der Waals surface area contributed by atoms with Gasteiger partial charge >= 0.3 is 12.1 Å². The zero-order chi connectivity index (χ0) is 18.4. The normalized spacial score (nSPS) is 21.7. The molecule has 8 nitrogen and oxygen atoms in total. The van der Waals surface area contributed by atoms with Crippen LogP contribution in [0.15, 0.2) is 0 Å². The lowest BCUT2D eigenvalue weighted by molar-refractivity contribution is -0.146. The Bertz CT molecular complexity index is 433. The van der Waals surface area contributed by atoms with E-state index in [1.807, 2.05) is 4.90 Å². The Balaban J connectivity index is 2.42. The number of carbonyl (C=O) groups is 2. The number of β-amino-alcohol motifs (C(OH)–C–C–N with tert-alkyl or cyclic N) is 1. The Morgan fingerprint density at radius 2 is 2.00 bits per heavy atom. The maximum absolute atomic E-state index is 11.7. The van der Waals surface area contributed by atoms with E-state index >= 15 is 0 Å². The maximum Gasteiger partial charge on any atom is 0.407 e. The zero-order valence-electron chi connectivity index (χ0n) is 15.3. The lowest BCUT2D eigenvalue weighted by Gasteiger charge is -2.37. The molecule has 1 aliphatic rings. The molecule has 1 fully saturated rings. The molecule has 1 aliphatic heterocycles. The van der Waals surface area contributed by atoms with Crippen LogP contribution in [0.3, 0.4) is 0 Å². The molecule has 0 aromatic rings. The van der Waals surface area contributed by atoms with Crippen molar-refractivity contribution in [2.75, 3.05) is 39.9 Å². The van der Waals surface area contributed by atoms with Crippen molar-refractivity contribution in [2.45, 2.75) is 51.4 Å². The van der Waals surface area contributed by atoms with Gasteiger partial charge in [-0.25, -0.2) is 4.79 Å². The largest absolute Gasteiger partial charge is 0.469 e. The summed E-state index contributed by atoms with van der Waals surface area (Å²) in [6, 6.07) is 0. The monoisotopic (exact) mass is 346 g/mol. The van der Waals surface area contributed by atoms with Crippen molar-refractivity contribution in [3.05, 3.63) is 0 Å². The highest BCUT2D eigenvalue weighted by Gasteiger charge is 2.30. The first kappa shape index (κ1) is 20.7. The fraction of sp³-hybridized carbons (Fsp3) is 0.875. The number of hydrogen-bond acceptors (Lipinski definition) is 7. The van der Waals surface area contributed by atoms with E-state index in [4.69, 9.17) is 9.47 Å². The Labute approximate surface area is 143 Å². The van der Waals surface area contributed by atoms with Gasteiger partial charge < -0.3 is 24.6 Å². The molecule has 0 unspecified atom stereocenters. The van der Waals surface area contributed by atoms with Gasteiger partial charge in [0.1, 0.15) is 5.60 Å². The van der Waals surface area contributed by atoms with Crippen LogP contribution < -0.4 is 5.32 Å². The molecule has 2 N–H and O–H groups in total. The molecule has 2 atom stereocenters. The molecule has 0 aromatic heterocycles. The van der Waals surface area contributed by atoms with Gasteiger partial charge in [0, 0.05) is 19.6 Å². The maximum atomic E-state index is 11.7. The van der Waals surface area contributed by atoms with Crippen molar-refractivity contribution in [3.8, 4) is 0 Å². The smallest absolute Gasteiger partial charge is 0.407 e. The Kier molecular flexibility index (Phi) is 7.44. The number of hydrogen-bond donors (Lipinski definition) is 2. The zero-order valence-corrected chi connectivity index (χ0v) is 15.3. The highest BCUT2D eigenvalue weighted by atomic mass is 16.6. The molecule has 8 heteroatoms. The topological polar surface area (TPSA) is 97.3 Å². The quantitative estimate of drug-likeness (QED) is 0.677. The van der Waals surface area contributed by atoms with Gasteiger partial charge in [0.05, 0.1) is 38.4 Å². The predicted molar refractivity (Wildman–Crippen MR) is 87.7 cm³/mol. The second kappa shape index (κ2) is 8.64. The number of rotatable bonds is 6. The minimum absolute atomic E-state index is 0.0704. The summed E-state index contributed by atoms with van der Waals surface area (Å²) in [5.41, 5.74) is -1.70. The first-order valence-corrected chi connectivity index (χ1v) is 8.11. The van der Waals surface area contributed by atoms with Crippen molar-refractivity contribution < 1.29 is 28.9 Å². The number of nitrogens with one attached hydrogen (secondary N) is 1. The van der Waals surface area contributed by atoms with E-state index in [1.54, 1.807) is 27.7 Å². The van der Waals surface area contributed by atoms with Gasteiger partial charge in [-0.2, -0.15) is 0 Å². The first-order chi connectivity index (χ1) is 11.0. The molecule has 0 aliphatic carbocycles. The van der Waals surface area contributed by atoms with Crippen molar-refractivity contribution in [1.29, 1.82) is 0 Å². The summed E-state index contributed by atoms with van der Waals surface area (Å²) in [6.45, 7) is 9.06. The molecule has 24 heavy (non-hydrogen) atoms. The third-order valence-electron chi connectivity index (χ3n) is 3.42. The van der Waals surface area contributed by atoms with Gasteiger partial charge in [-0.3, -0.25) is 9.69 Å². The first-order valence-electron chi connectivity index (χ1n) is 8.11. The van der Waals surface area contributed by atoms with Gasteiger partial charge in [-0.1, -0.05) is 0 Å². The summed E-state index contributed by atoms with van der Waals surface area (Å²) in [5, 5.41) is 13.1. The number of ether oxygens (including phenoxy) is 3. The summed E-state index contributed by atoms with van der Waals surface area (Å²) in [4.78, 5) is 25.0. The Morgan fingerprint density at radius 3 is 2.58 bits per heavy atom. The minimum Gasteiger partial charge on any atom is -0.469 e. The fourth-order valence-corrected chi connectivity index (χ4v) is 2.43. The second-order valence-electron chi connectivity index (χ2n) is 7.36. The van der Waals surface area contributed by atoms with Crippen molar-refractivity contribution in [2.24, 2.45) is 0 Å². The molecule has 0 aromatic carbocycles. The number of nitrogens with zero attached hydrogens (tertiary/aromatic N) is 1. The van der Waals surface area contributed by atoms with E-state index in [-0.39, 0.29) is 25.0 Å². The SMILES string of the molecule is COC(=O)C[C@H]1CN(C[C@](C)(O)CNC(=O)OC(C)(C)C)CCO1. The van der Waals surface area contributed by atoms with E-state index in [2.05, 4.69) is 10.1 Å². The van der Waals surface area contributed by atoms with Gasteiger partial charge in [0.2, 0.25) is 0 Å². The van der Waals surface area contributed by atoms with E-state index in [1.165, 1.54) is 7.11 Å². The van der Waals surface area contributed by atoms with Crippen LogP contribution in [0.4, 0.5) is 4.79 Å². The third-order valence-corrected chi connectivity index (χ3v) is 3.42. The number of alkyl carbamates (subject to hydrolysis) is 1. The molecular weight excluding hydrogens is 316 g/mol. The lowest BCUT2D eigenvalue weighted by atomic mass is 10.1. The van der Waals surface area contributed by atoms with E-state index in [0.29, 0.717) is 26.2 Å². The molecule has 1 saturated heterocycles. The molecule has 0 saturated carbocycles. The van der Waals surface area contributed by atoms with Gasteiger partial charge in [0.15, 0.2) is 0 Å². The van der Waals surface area contributed by atoms with Gasteiger partial charge in [-0.15, -0.1) is 0 Å². The van der Waals surface area contributed by atoms with Crippen LogP contribution in [0.5, 0.6) is 0 Å². The summed E-state index contributed by atoms with van der Waals surface area (Å²) in [5.74, 6) is -0.319. The minimum atomic E-state index is -1.12.